The number of hydrogen-bond donors (Lipinski definition) is 0. The fraction of sp³-hybridized carbons (Fsp3) is 0. The molecule has 0 saturated heterocycles. The summed E-state index contributed by atoms with van der Waals surface area (Å²) in [6.45, 7) is 0. The van der Waals surface area contributed by atoms with Crippen molar-refractivity contribution in [2.24, 2.45) is 0 Å². The molecule has 0 bridgehead atoms. The largest absolute Gasteiger partial charge is 0 e. The van der Waals surface area contributed by atoms with Gasteiger partial charge in [-0.2, -0.15) is 0 Å². The first kappa shape index (κ1) is 27.3. The molecule has 0 heterocycles. The van der Waals surface area contributed by atoms with E-state index in [-0.39, 0.29) is 95.1 Å². The van der Waals surface area contributed by atoms with Gasteiger partial charge in [-0.1, -0.05) is 0 Å². The molecule has 0 aliphatic carbocycles. The molecule has 0 fully saturated rings. The molecule has 0 amide bonds. The fourth-order valence-corrected chi connectivity index (χ4v) is 0. The molecule has 0 atom stereocenters. The molecule has 0 aromatic carbocycles. The zero-order valence-corrected chi connectivity index (χ0v) is 10.2. The first-order valence-electron chi connectivity index (χ1n) is 0. The van der Waals surface area contributed by atoms with Crippen molar-refractivity contribution in [1.82, 2.24) is 0 Å². The van der Waals surface area contributed by atoms with Crippen LogP contribution in [0.3, 0.4) is 0 Å². The molecule has 0 nitrogen and oxygen atoms in total. The van der Waals surface area contributed by atoms with Crippen LogP contribution < -0.4 is 0 Å². The normalized spacial score (nSPS) is 0. The van der Waals surface area contributed by atoms with Crippen LogP contribution in [0.5, 0.6) is 0 Å². The third-order valence-electron chi connectivity index (χ3n) is 0. The van der Waals surface area contributed by atoms with E-state index in [1.54, 1.807) is 0 Å². The molecule has 0 aliphatic heterocycles. The Labute approximate surface area is 93.2 Å². The van der Waals surface area contributed by atoms with Crippen LogP contribution >= 0.6 is 0 Å². The van der Waals surface area contributed by atoms with E-state index in [9.17, 15) is 0 Å². The van der Waals surface area contributed by atoms with Crippen LogP contribution in [-0.2, 0) is 95.1 Å². The van der Waals surface area contributed by atoms with Gasteiger partial charge in [0, 0.05) is 95.1 Å². The van der Waals surface area contributed by atoms with Crippen molar-refractivity contribution in [2.45, 2.75) is 0 Å². The minimum atomic E-state index is 0. The SMILES string of the molecule is [Ni].[Zr].[Zr].[Zr]. The Morgan fingerprint density at radius 2 is 0.500 bits per heavy atom. The van der Waals surface area contributed by atoms with Gasteiger partial charge in [-0.3, -0.25) is 0 Å². The van der Waals surface area contributed by atoms with Crippen LogP contribution in [0.2, 0.25) is 0 Å². The first-order chi connectivity index (χ1) is 0. The fourth-order valence-electron chi connectivity index (χ4n) is 0. The molecule has 0 rings (SSSR count). The molecule has 0 aromatic heterocycles. The Balaban J connectivity index is 0. The molecule has 0 spiro atoms. The van der Waals surface area contributed by atoms with Crippen LogP contribution in [0.15, 0.2) is 0 Å². The van der Waals surface area contributed by atoms with Gasteiger partial charge in [0.2, 0.25) is 0 Å². The average molecular weight is 332 g/mol. The Morgan fingerprint density at radius 3 is 0.500 bits per heavy atom. The number of hydrogen-bond acceptors (Lipinski definition) is 0. The first-order valence-corrected chi connectivity index (χ1v) is 0. The van der Waals surface area contributed by atoms with Crippen molar-refractivity contribution in [1.29, 1.82) is 0 Å². The van der Waals surface area contributed by atoms with Gasteiger partial charge < -0.3 is 0 Å². The average Bonchev–Trinajstić information content (AvgIpc) is 0. The zero-order valence-electron chi connectivity index (χ0n) is 1.82. The van der Waals surface area contributed by atoms with Crippen LogP contribution in [0.4, 0.5) is 0 Å². The van der Waals surface area contributed by atoms with Crippen LogP contribution in [0.25, 0.3) is 0 Å². The second-order valence-electron chi connectivity index (χ2n) is 0. The molecule has 0 aliphatic rings. The Morgan fingerprint density at radius 1 is 0.500 bits per heavy atom. The summed E-state index contributed by atoms with van der Waals surface area (Å²) >= 11 is 0. The molecular weight excluding hydrogens is 332 g/mol. The van der Waals surface area contributed by atoms with E-state index in [2.05, 4.69) is 0 Å². The predicted octanol–water partition coefficient (Wildman–Crippen LogP) is -0.0100. The molecular formula is NiZr3. The summed E-state index contributed by atoms with van der Waals surface area (Å²) in [5.41, 5.74) is 0. The summed E-state index contributed by atoms with van der Waals surface area (Å²) in [5.74, 6) is 0. The zero-order chi connectivity index (χ0) is 0. The molecule has 4 heteroatoms. The van der Waals surface area contributed by atoms with Crippen LogP contribution in [-0.4, -0.2) is 0 Å². The van der Waals surface area contributed by atoms with E-state index in [0.29, 0.717) is 0 Å². The molecule has 0 radical (unpaired) electrons. The summed E-state index contributed by atoms with van der Waals surface area (Å²) in [5, 5.41) is 0. The third-order valence-corrected chi connectivity index (χ3v) is 0. The van der Waals surface area contributed by atoms with Crippen molar-refractivity contribution in [2.75, 3.05) is 0 Å². The minimum absolute atomic E-state index is 0. The Kier molecular flexibility index (Phi) is 112. The van der Waals surface area contributed by atoms with Gasteiger partial charge in [0.15, 0.2) is 0 Å². The minimum Gasteiger partial charge on any atom is 0 e. The summed E-state index contributed by atoms with van der Waals surface area (Å²) < 4.78 is 0. The van der Waals surface area contributed by atoms with E-state index in [1.165, 1.54) is 0 Å². The molecule has 22 valence electrons. The van der Waals surface area contributed by atoms with Crippen LogP contribution in [0, 0.1) is 0 Å². The van der Waals surface area contributed by atoms with Gasteiger partial charge in [0.25, 0.3) is 0 Å². The summed E-state index contributed by atoms with van der Waals surface area (Å²) in [7, 11) is 0. The van der Waals surface area contributed by atoms with Gasteiger partial charge in [0.1, 0.15) is 0 Å². The summed E-state index contributed by atoms with van der Waals surface area (Å²) in [4.78, 5) is 0. The third kappa shape index (κ3) is 8.94. The summed E-state index contributed by atoms with van der Waals surface area (Å²) in [6.07, 6.45) is 0. The van der Waals surface area contributed by atoms with Gasteiger partial charge in [-0.05, 0) is 0 Å². The second-order valence-corrected chi connectivity index (χ2v) is 0. The second kappa shape index (κ2) is 16.4. The van der Waals surface area contributed by atoms with E-state index in [0.717, 1.165) is 0 Å². The van der Waals surface area contributed by atoms with Crippen molar-refractivity contribution in [3.05, 3.63) is 0 Å². The van der Waals surface area contributed by atoms with E-state index >= 15 is 0 Å². The van der Waals surface area contributed by atoms with Gasteiger partial charge in [-0.15, -0.1) is 0 Å². The quantitative estimate of drug-likeness (QED) is 0.548. The van der Waals surface area contributed by atoms with Crippen molar-refractivity contribution >= 4 is 0 Å². The molecule has 0 N–H and O–H groups in total. The Bertz CT molecular complexity index is 3.25. The molecule has 4 heavy (non-hydrogen) atoms. The van der Waals surface area contributed by atoms with E-state index in [4.69, 9.17) is 0 Å². The van der Waals surface area contributed by atoms with Gasteiger partial charge >= 0.3 is 0 Å². The van der Waals surface area contributed by atoms with Crippen molar-refractivity contribution < 1.29 is 95.1 Å². The van der Waals surface area contributed by atoms with Gasteiger partial charge in [0.05, 0.1) is 0 Å². The van der Waals surface area contributed by atoms with E-state index in [1.807, 2.05) is 0 Å². The maximum absolute atomic E-state index is 0. The Hall–Kier alpha value is 3.14. The predicted molar refractivity (Wildman–Crippen MR) is 0 cm³/mol. The van der Waals surface area contributed by atoms with Crippen LogP contribution in [0.1, 0.15) is 0 Å². The van der Waals surface area contributed by atoms with E-state index < -0.39 is 0 Å². The molecule has 0 saturated carbocycles. The maximum Gasteiger partial charge on any atom is 0 e. The number of rotatable bonds is 0. The van der Waals surface area contributed by atoms with Crippen molar-refractivity contribution in [3.63, 3.8) is 0 Å². The topological polar surface area (TPSA) is 0 Å². The standard InChI is InChI=1S/Ni.3Zr. The summed E-state index contributed by atoms with van der Waals surface area (Å²) in [6, 6.07) is 0. The van der Waals surface area contributed by atoms with Gasteiger partial charge in [-0.25, -0.2) is 0 Å². The van der Waals surface area contributed by atoms with Crippen molar-refractivity contribution in [3.8, 4) is 0 Å². The molecule has 0 unspecified atom stereocenters. The molecule has 0 aromatic rings. The smallest absolute Gasteiger partial charge is 0 e. The monoisotopic (exact) mass is 328 g/mol. The maximum atomic E-state index is 0.